The standard InChI is InChI=1S/C10H15N3O4S/c1-13-8(14)3-2-7(12-13)10(17)11-4-5-18-6-9(15)16/h2-6H2,1H3,(H,11,17)(H,15,16). The van der Waals surface area contributed by atoms with Gasteiger partial charge in [0.05, 0.1) is 5.75 Å². The summed E-state index contributed by atoms with van der Waals surface area (Å²) in [6, 6.07) is 0. The van der Waals surface area contributed by atoms with E-state index in [9.17, 15) is 14.4 Å². The molecule has 1 rings (SSSR count). The van der Waals surface area contributed by atoms with Crippen LogP contribution in [0, 0.1) is 0 Å². The minimum atomic E-state index is -0.872. The number of carbonyl (C=O) groups is 3. The van der Waals surface area contributed by atoms with Crippen molar-refractivity contribution in [3.8, 4) is 0 Å². The maximum absolute atomic E-state index is 11.6. The molecule has 100 valence electrons. The second kappa shape index (κ2) is 7.00. The minimum absolute atomic E-state index is 0.0219. The molecule has 2 N–H and O–H groups in total. The summed E-state index contributed by atoms with van der Waals surface area (Å²) in [5, 5.41) is 16.1. The quantitative estimate of drug-likeness (QED) is 0.637. The Morgan fingerprint density at radius 3 is 2.83 bits per heavy atom. The molecule has 0 aromatic heterocycles. The van der Waals surface area contributed by atoms with E-state index in [4.69, 9.17) is 5.11 Å². The lowest BCUT2D eigenvalue weighted by molar-refractivity contribution is -0.134. The average molecular weight is 273 g/mol. The molecule has 0 atom stereocenters. The Morgan fingerprint density at radius 1 is 1.50 bits per heavy atom. The van der Waals surface area contributed by atoms with Gasteiger partial charge in [0.1, 0.15) is 5.71 Å². The molecule has 0 aromatic rings. The highest BCUT2D eigenvalue weighted by molar-refractivity contribution is 7.99. The van der Waals surface area contributed by atoms with Gasteiger partial charge in [0.2, 0.25) is 5.91 Å². The first-order valence-electron chi connectivity index (χ1n) is 5.42. The number of hydrazone groups is 1. The molecule has 8 heteroatoms. The third-order valence-corrected chi connectivity index (χ3v) is 3.17. The first-order valence-corrected chi connectivity index (χ1v) is 6.58. The summed E-state index contributed by atoms with van der Waals surface area (Å²) in [5.74, 6) is -0.731. The number of rotatable bonds is 6. The van der Waals surface area contributed by atoms with E-state index >= 15 is 0 Å². The fourth-order valence-corrected chi connectivity index (χ4v) is 1.90. The molecule has 7 nitrogen and oxygen atoms in total. The summed E-state index contributed by atoms with van der Waals surface area (Å²) in [6.45, 7) is 0.382. The van der Waals surface area contributed by atoms with Crippen molar-refractivity contribution in [1.29, 1.82) is 0 Å². The number of nitrogens with one attached hydrogen (secondary N) is 1. The molecular formula is C10H15N3O4S. The topological polar surface area (TPSA) is 99.1 Å². The fraction of sp³-hybridized carbons (Fsp3) is 0.600. The highest BCUT2D eigenvalue weighted by Gasteiger charge is 2.21. The largest absolute Gasteiger partial charge is 0.481 e. The van der Waals surface area contributed by atoms with Crippen LogP contribution in [0.5, 0.6) is 0 Å². The molecule has 1 aliphatic rings. The summed E-state index contributed by atoms with van der Waals surface area (Å²) in [6.07, 6.45) is 0.633. The molecule has 0 unspecified atom stereocenters. The van der Waals surface area contributed by atoms with Crippen LogP contribution < -0.4 is 5.32 Å². The zero-order valence-corrected chi connectivity index (χ0v) is 10.8. The first-order chi connectivity index (χ1) is 8.50. The van der Waals surface area contributed by atoms with E-state index in [1.807, 2.05) is 0 Å². The Balaban J connectivity index is 2.27. The molecule has 0 saturated heterocycles. The monoisotopic (exact) mass is 273 g/mol. The smallest absolute Gasteiger partial charge is 0.313 e. The van der Waals surface area contributed by atoms with Crippen LogP contribution >= 0.6 is 11.8 Å². The maximum Gasteiger partial charge on any atom is 0.313 e. The second-order valence-corrected chi connectivity index (χ2v) is 4.77. The number of hydrogen-bond acceptors (Lipinski definition) is 5. The third-order valence-electron chi connectivity index (χ3n) is 2.23. The van der Waals surface area contributed by atoms with Gasteiger partial charge in [-0.1, -0.05) is 0 Å². The lowest BCUT2D eigenvalue weighted by Gasteiger charge is -2.18. The van der Waals surface area contributed by atoms with Crippen molar-refractivity contribution in [1.82, 2.24) is 10.3 Å². The van der Waals surface area contributed by atoms with Crippen molar-refractivity contribution in [2.45, 2.75) is 12.8 Å². The van der Waals surface area contributed by atoms with Crippen LogP contribution in [0.3, 0.4) is 0 Å². The molecule has 0 bridgehead atoms. The number of thioether (sulfide) groups is 1. The lowest BCUT2D eigenvalue weighted by Crippen LogP contribution is -2.38. The van der Waals surface area contributed by atoms with E-state index in [0.717, 1.165) is 5.01 Å². The minimum Gasteiger partial charge on any atom is -0.481 e. The van der Waals surface area contributed by atoms with Crippen molar-refractivity contribution in [3.63, 3.8) is 0 Å². The van der Waals surface area contributed by atoms with Gasteiger partial charge >= 0.3 is 5.97 Å². The van der Waals surface area contributed by atoms with Gasteiger partial charge in [-0.3, -0.25) is 14.4 Å². The summed E-state index contributed by atoms with van der Waals surface area (Å²) >= 11 is 1.23. The van der Waals surface area contributed by atoms with Gasteiger partial charge < -0.3 is 10.4 Å². The highest BCUT2D eigenvalue weighted by Crippen LogP contribution is 2.06. The lowest BCUT2D eigenvalue weighted by atomic mass is 10.1. The van der Waals surface area contributed by atoms with Crippen molar-refractivity contribution in [2.75, 3.05) is 25.1 Å². The normalized spacial score (nSPS) is 15.3. The van der Waals surface area contributed by atoms with Crippen molar-refractivity contribution in [2.24, 2.45) is 5.10 Å². The van der Waals surface area contributed by atoms with Crippen molar-refractivity contribution < 1.29 is 19.5 Å². The Hall–Kier alpha value is -1.57. The predicted molar refractivity (Wildman–Crippen MR) is 67.4 cm³/mol. The van der Waals surface area contributed by atoms with Crippen LogP contribution in [0.1, 0.15) is 12.8 Å². The van der Waals surface area contributed by atoms with Gasteiger partial charge in [-0.2, -0.15) is 5.10 Å². The summed E-state index contributed by atoms with van der Waals surface area (Å²) in [7, 11) is 1.51. The molecule has 0 aromatic carbocycles. The number of carboxylic acid groups (broad SMARTS) is 1. The van der Waals surface area contributed by atoms with E-state index in [0.29, 0.717) is 24.4 Å². The van der Waals surface area contributed by atoms with E-state index in [1.54, 1.807) is 0 Å². The fourth-order valence-electron chi connectivity index (χ4n) is 1.33. The van der Waals surface area contributed by atoms with Crippen LogP contribution in [-0.4, -0.2) is 58.7 Å². The Morgan fingerprint density at radius 2 is 2.22 bits per heavy atom. The predicted octanol–water partition coefficient (Wildman–Crippen LogP) is -0.471. The van der Waals surface area contributed by atoms with Crippen LogP contribution in [0.15, 0.2) is 5.10 Å². The number of carbonyl (C=O) groups excluding carboxylic acids is 2. The zero-order chi connectivity index (χ0) is 13.5. The van der Waals surface area contributed by atoms with E-state index < -0.39 is 5.97 Å². The molecule has 1 heterocycles. The highest BCUT2D eigenvalue weighted by atomic mass is 32.2. The van der Waals surface area contributed by atoms with Gasteiger partial charge in [-0.05, 0) is 0 Å². The van der Waals surface area contributed by atoms with E-state index in [1.165, 1.54) is 18.8 Å². The number of hydrogen-bond donors (Lipinski definition) is 2. The Kier molecular flexibility index (Phi) is 5.63. The molecule has 2 amide bonds. The Bertz CT molecular complexity index is 383. The molecule has 18 heavy (non-hydrogen) atoms. The average Bonchev–Trinajstić information content (AvgIpc) is 2.31. The molecule has 0 saturated carbocycles. The van der Waals surface area contributed by atoms with Crippen molar-refractivity contribution >= 4 is 35.3 Å². The summed E-state index contributed by atoms with van der Waals surface area (Å²) in [5.41, 5.74) is 0.334. The SMILES string of the molecule is CN1N=C(C(=O)NCCSCC(=O)O)CCC1=O. The van der Waals surface area contributed by atoms with Gasteiger partial charge in [-0.25, -0.2) is 5.01 Å². The van der Waals surface area contributed by atoms with Crippen LogP contribution in [0.2, 0.25) is 0 Å². The van der Waals surface area contributed by atoms with Gasteiger partial charge in [0, 0.05) is 32.2 Å². The Labute approximate surface area is 109 Å². The number of amides is 2. The van der Waals surface area contributed by atoms with Crippen LogP contribution in [-0.2, 0) is 14.4 Å². The second-order valence-electron chi connectivity index (χ2n) is 3.67. The van der Waals surface area contributed by atoms with Gasteiger partial charge in [0.25, 0.3) is 5.91 Å². The molecule has 0 fully saturated rings. The van der Waals surface area contributed by atoms with Gasteiger partial charge in [0.15, 0.2) is 0 Å². The summed E-state index contributed by atoms with van der Waals surface area (Å²) < 4.78 is 0. The van der Waals surface area contributed by atoms with Gasteiger partial charge in [-0.15, -0.1) is 11.8 Å². The number of nitrogens with zero attached hydrogens (tertiary/aromatic N) is 2. The zero-order valence-electron chi connectivity index (χ0n) is 10.0. The number of carboxylic acids is 1. The molecule has 0 spiro atoms. The van der Waals surface area contributed by atoms with Crippen LogP contribution in [0.4, 0.5) is 0 Å². The summed E-state index contributed by atoms with van der Waals surface area (Å²) in [4.78, 5) is 33.0. The third kappa shape index (κ3) is 4.74. The molecule has 0 radical (unpaired) electrons. The first kappa shape index (κ1) is 14.5. The molecule has 0 aliphatic carbocycles. The number of aliphatic carboxylic acids is 1. The van der Waals surface area contributed by atoms with Crippen molar-refractivity contribution in [3.05, 3.63) is 0 Å². The maximum atomic E-state index is 11.6. The van der Waals surface area contributed by atoms with E-state index in [-0.39, 0.29) is 24.0 Å². The molecule has 1 aliphatic heterocycles. The van der Waals surface area contributed by atoms with Crippen LogP contribution in [0.25, 0.3) is 0 Å². The van der Waals surface area contributed by atoms with E-state index in [2.05, 4.69) is 10.4 Å². The molecular weight excluding hydrogens is 258 g/mol.